The smallest absolute Gasteiger partial charge is 0.504 e. The van der Waals surface area contributed by atoms with Gasteiger partial charge in [0.2, 0.25) is 0 Å². The summed E-state index contributed by atoms with van der Waals surface area (Å²) < 4.78 is 16.6. The maximum atomic E-state index is 12.2. The molecule has 1 heterocycles. The molecule has 5 nitrogen and oxygen atoms in total. The van der Waals surface area contributed by atoms with E-state index < -0.39 is 11.6 Å². The number of rotatable bonds is 3. The van der Waals surface area contributed by atoms with Gasteiger partial charge in [-0.1, -0.05) is 68.4 Å². The minimum absolute atomic E-state index is 0.0395. The van der Waals surface area contributed by atoms with Crippen LogP contribution in [0.1, 0.15) is 30.5 Å². The molecule has 28 heavy (non-hydrogen) atoms. The average molecular weight is 376 g/mol. The fourth-order valence-corrected chi connectivity index (χ4v) is 3.40. The van der Waals surface area contributed by atoms with Crippen molar-refractivity contribution in [3.8, 4) is 23.0 Å². The van der Waals surface area contributed by atoms with Crippen LogP contribution in [0, 0.1) is 0 Å². The van der Waals surface area contributed by atoms with Crippen LogP contribution in [0.2, 0.25) is 0 Å². The van der Waals surface area contributed by atoms with Crippen LogP contribution in [0.15, 0.2) is 66.7 Å². The first kappa shape index (κ1) is 17.9. The molecule has 0 bridgehead atoms. The minimum Gasteiger partial charge on any atom is -0.504 e. The molecule has 0 saturated carbocycles. The third-order valence-electron chi connectivity index (χ3n) is 4.92. The minimum atomic E-state index is -0.818. The highest BCUT2D eigenvalue weighted by Crippen LogP contribution is 2.53. The Kier molecular flexibility index (Phi) is 4.43. The van der Waals surface area contributed by atoms with Gasteiger partial charge >= 0.3 is 6.16 Å². The van der Waals surface area contributed by atoms with Crippen molar-refractivity contribution in [1.29, 1.82) is 0 Å². The first-order chi connectivity index (χ1) is 13.5. The second-order valence-electron chi connectivity index (χ2n) is 7.14. The molecule has 1 N–H and O–H groups in total. The van der Waals surface area contributed by atoms with Crippen molar-refractivity contribution in [2.75, 3.05) is 0 Å². The van der Waals surface area contributed by atoms with Gasteiger partial charge in [-0.2, -0.15) is 0 Å². The summed E-state index contributed by atoms with van der Waals surface area (Å²) in [4.78, 5) is 12.2. The van der Waals surface area contributed by atoms with Crippen LogP contribution in [0.5, 0.6) is 23.0 Å². The second kappa shape index (κ2) is 6.93. The van der Waals surface area contributed by atoms with Crippen molar-refractivity contribution in [3.05, 3.63) is 83.4 Å². The molecule has 1 aliphatic heterocycles. The standard InChI is InChI=1S/C23H20O5/c1-23(2)16-10-6-12-18(24)20(16)28-21-17(23)11-7-13-19(21)27-22(25)26-14-15-8-4-3-5-9-15/h3-13,24H,14H2,1-2H3. The molecular formula is C23H20O5. The van der Waals surface area contributed by atoms with Crippen molar-refractivity contribution >= 4 is 6.16 Å². The summed E-state index contributed by atoms with van der Waals surface area (Å²) in [6.45, 7) is 4.18. The van der Waals surface area contributed by atoms with Crippen LogP contribution >= 0.6 is 0 Å². The van der Waals surface area contributed by atoms with Gasteiger partial charge in [0.15, 0.2) is 23.0 Å². The molecule has 0 amide bonds. The number of aromatic hydroxyl groups is 1. The van der Waals surface area contributed by atoms with Crippen molar-refractivity contribution in [2.45, 2.75) is 25.9 Å². The Bertz CT molecular complexity index is 1020. The molecule has 0 radical (unpaired) electrons. The van der Waals surface area contributed by atoms with Gasteiger partial charge in [0.05, 0.1) is 0 Å². The van der Waals surface area contributed by atoms with Crippen LogP contribution < -0.4 is 9.47 Å². The van der Waals surface area contributed by atoms with Crippen molar-refractivity contribution < 1.29 is 24.1 Å². The van der Waals surface area contributed by atoms with Crippen LogP contribution in [-0.4, -0.2) is 11.3 Å². The number of para-hydroxylation sites is 2. The van der Waals surface area contributed by atoms with E-state index in [2.05, 4.69) is 0 Å². The molecule has 0 atom stereocenters. The normalized spacial score (nSPS) is 13.6. The largest absolute Gasteiger partial charge is 0.514 e. The lowest BCUT2D eigenvalue weighted by molar-refractivity contribution is 0.0917. The number of benzene rings is 3. The second-order valence-corrected chi connectivity index (χ2v) is 7.14. The number of carbonyl (C=O) groups is 1. The Balaban J connectivity index is 1.60. The maximum Gasteiger partial charge on any atom is 0.514 e. The molecule has 4 rings (SSSR count). The van der Waals surface area contributed by atoms with Crippen molar-refractivity contribution in [1.82, 2.24) is 0 Å². The zero-order chi connectivity index (χ0) is 19.7. The number of phenols is 1. The van der Waals surface area contributed by atoms with Crippen LogP contribution in [0.3, 0.4) is 0 Å². The molecule has 0 aromatic heterocycles. The predicted octanol–water partition coefficient (Wildman–Crippen LogP) is 5.54. The Morgan fingerprint density at radius 2 is 1.61 bits per heavy atom. The third kappa shape index (κ3) is 3.16. The van der Waals surface area contributed by atoms with Gasteiger partial charge in [0.1, 0.15) is 6.61 Å². The van der Waals surface area contributed by atoms with Crippen LogP contribution in [-0.2, 0) is 16.8 Å². The molecule has 3 aromatic rings. The molecule has 3 aromatic carbocycles. The molecule has 0 spiro atoms. The van der Waals surface area contributed by atoms with Gasteiger partial charge in [-0.05, 0) is 17.7 Å². The van der Waals surface area contributed by atoms with E-state index in [4.69, 9.17) is 14.2 Å². The van der Waals surface area contributed by atoms with E-state index in [0.29, 0.717) is 11.5 Å². The van der Waals surface area contributed by atoms with Gasteiger partial charge in [0.25, 0.3) is 0 Å². The molecule has 5 heteroatoms. The predicted molar refractivity (Wildman–Crippen MR) is 104 cm³/mol. The van der Waals surface area contributed by atoms with E-state index in [1.807, 2.05) is 56.3 Å². The number of hydrogen-bond donors (Lipinski definition) is 1. The topological polar surface area (TPSA) is 65.0 Å². The molecule has 0 aliphatic carbocycles. The molecule has 0 unspecified atom stereocenters. The first-order valence-corrected chi connectivity index (χ1v) is 8.99. The number of phenolic OH excluding ortho intramolecular Hbond substituents is 1. The lowest BCUT2D eigenvalue weighted by Crippen LogP contribution is -2.25. The molecular weight excluding hydrogens is 356 g/mol. The number of carbonyl (C=O) groups excluding carboxylic acids is 1. The molecule has 1 aliphatic rings. The Morgan fingerprint density at radius 1 is 0.929 bits per heavy atom. The SMILES string of the molecule is CC1(C)c2cccc(O)c2Oc2c(OC(=O)OCc3ccccc3)cccc21. The summed E-state index contributed by atoms with van der Waals surface area (Å²) >= 11 is 0. The highest BCUT2D eigenvalue weighted by Gasteiger charge is 2.37. The summed E-state index contributed by atoms with van der Waals surface area (Å²) in [5.41, 5.74) is 2.16. The van der Waals surface area contributed by atoms with E-state index in [1.54, 1.807) is 24.3 Å². The van der Waals surface area contributed by atoms with Crippen LogP contribution in [0.4, 0.5) is 4.79 Å². The van der Waals surface area contributed by atoms with E-state index >= 15 is 0 Å². The average Bonchev–Trinajstić information content (AvgIpc) is 2.69. The quantitative estimate of drug-likeness (QED) is 0.480. The Morgan fingerprint density at radius 3 is 2.36 bits per heavy atom. The van der Waals surface area contributed by atoms with Gasteiger partial charge in [-0.25, -0.2) is 4.79 Å². The lowest BCUT2D eigenvalue weighted by atomic mass is 9.75. The molecule has 0 saturated heterocycles. The summed E-state index contributed by atoms with van der Waals surface area (Å²) in [6, 6.07) is 20.0. The van der Waals surface area contributed by atoms with E-state index in [1.165, 1.54) is 0 Å². The number of ether oxygens (including phenoxy) is 3. The fourth-order valence-electron chi connectivity index (χ4n) is 3.40. The third-order valence-corrected chi connectivity index (χ3v) is 4.92. The van der Waals surface area contributed by atoms with Gasteiger partial charge < -0.3 is 19.3 Å². The van der Waals surface area contributed by atoms with Gasteiger partial charge in [-0.3, -0.25) is 0 Å². The van der Waals surface area contributed by atoms with Gasteiger partial charge in [0, 0.05) is 16.5 Å². The lowest BCUT2D eigenvalue weighted by Gasteiger charge is -2.35. The molecule has 142 valence electrons. The van der Waals surface area contributed by atoms with E-state index in [-0.39, 0.29) is 18.1 Å². The number of hydrogen-bond acceptors (Lipinski definition) is 5. The highest BCUT2D eigenvalue weighted by atomic mass is 16.7. The Labute approximate surface area is 163 Å². The summed E-state index contributed by atoms with van der Waals surface area (Å²) in [7, 11) is 0. The summed E-state index contributed by atoms with van der Waals surface area (Å²) in [5.74, 6) is 1.06. The number of fused-ring (bicyclic) bond motifs is 2. The zero-order valence-electron chi connectivity index (χ0n) is 15.6. The monoisotopic (exact) mass is 376 g/mol. The highest BCUT2D eigenvalue weighted by molar-refractivity contribution is 5.69. The van der Waals surface area contributed by atoms with Crippen LogP contribution in [0.25, 0.3) is 0 Å². The van der Waals surface area contributed by atoms with Crippen molar-refractivity contribution in [2.24, 2.45) is 0 Å². The summed E-state index contributed by atoms with van der Waals surface area (Å²) in [6.07, 6.45) is -0.818. The van der Waals surface area contributed by atoms with E-state index in [0.717, 1.165) is 16.7 Å². The maximum absolute atomic E-state index is 12.2. The summed E-state index contributed by atoms with van der Waals surface area (Å²) in [5, 5.41) is 10.2. The van der Waals surface area contributed by atoms with E-state index in [9.17, 15) is 9.90 Å². The zero-order valence-corrected chi connectivity index (χ0v) is 15.6. The fraction of sp³-hybridized carbons (Fsp3) is 0.174. The van der Waals surface area contributed by atoms with Gasteiger partial charge in [-0.15, -0.1) is 0 Å². The molecule has 0 fully saturated rings. The Hall–Kier alpha value is -3.47. The first-order valence-electron chi connectivity index (χ1n) is 8.99. The van der Waals surface area contributed by atoms with Crippen molar-refractivity contribution in [3.63, 3.8) is 0 Å².